The largest absolute Gasteiger partial charge is 0.310 e. The molecule has 1 spiro atoms. The summed E-state index contributed by atoms with van der Waals surface area (Å²) in [7, 11) is 0. The molecule has 0 radical (unpaired) electrons. The summed E-state index contributed by atoms with van der Waals surface area (Å²) in [5.74, 6) is 0. The number of rotatable bonds is 4. The lowest BCUT2D eigenvalue weighted by molar-refractivity contribution is 0.353. The molecule has 260 valence electrons. The predicted octanol–water partition coefficient (Wildman–Crippen LogP) is 14.7. The minimum atomic E-state index is -0.128. The molecule has 0 amide bonds. The van der Waals surface area contributed by atoms with Crippen molar-refractivity contribution >= 4 is 38.6 Å². The van der Waals surface area contributed by atoms with Crippen LogP contribution in [0.15, 0.2) is 164 Å². The van der Waals surface area contributed by atoms with E-state index in [4.69, 9.17) is 0 Å². The standard InChI is InChI=1S/C53H43N/c1-52(2)47-22-9-6-18-42(47)45-20-14-21-46(51(45)52)44-19-8-11-24-50(44)54(37-27-29-40-36(33-37)26-25-35-15-4-5-16-39(35)40)38-28-30-43-41-17-7-10-23-48(41)53(49(43)34-38)31-12-3-13-32-53/h4-11,14-30,33-34H,3,12-13,31-32H2,1-2H3. The third kappa shape index (κ3) is 4.45. The van der Waals surface area contributed by atoms with E-state index in [2.05, 4.69) is 183 Å². The molecule has 54 heavy (non-hydrogen) atoms. The lowest BCUT2D eigenvalue weighted by atomic mass is 9.68. The van der Waals surface area contributed by atoms with Gasteiger partial charge in [-0.2, -0.15) is 0 Å². The van der Waals surface area contributed by atoms with Gasteiger partial charge in [0.05, 0.1) is 5.69 Å². The summed E-state index contributed by atoms with van der Waals surface area (Å²) in [6.45, 7) is 4.80. The van der Waals surface area contributed by atoms with Crippen LogP contribution in [0.2, 0.25) is 0 Å². The molecule has 0 bridgehead atoms. The van der Waals surface area contributed by atoms with E-state index in [1.165, 1.54) is 126 Å². The average molecular weight is 694 g/mol. The number of benzene rings is 8. The number of hydrogen-bond acceptors (Lipinski definition) is 1. The maximum Gasteiger partial charge on any atom is 0.0540 e. The molecule has 8 aromatic carbocycles. The minimum Gasteiger partial charge on any atom is -0.310 e. The molecule has 0 aromatic heterocycles. The highest BCUT2D eigenvalue weighted by Crippen LogP contribution is 2.58. The van der Waals surface area contributed by atoms with Gasteiger partial charge in [-0.25, -0.2) is 0 Å². The van der Waals surface area contributed by atoms with Crippen LogP contribution in [0, 0.1) is 0 Å². The maximum atomic E-state index is 2.57. The zero-order chi connectivity index (χ0) is 36.0. The van der Waals surface area contributed by atoms with Crippen LogP contribution >= 0.6 is 0 Å². The zero-order valence-corrected chi connectivity index (χ0v) is 31.1. The van der Waals surface area contributed by atoms with Crippen LogP contribution in [0.4, 0.5) is 17.1 Å². The van der Waals surface area contributed by atoms with E-state index in [1.807, 2.05) is 0 Å². The third-order valence-corrected chi connectivity index (χ3v) is 13.2. The van der Waals surface area contributed by atoms with Gasteiger partial charge >= 0.3 is 0 Å². The molecule has 0 aliphatic heterocycles. The van der Waals surface area contributed by atoms with Crippen LogP contribution in [0.1, 0.15) is 68.2 Å². The SMILES string of the molecule is CC1(C)c2ccccc2-c2cccc(-c3ccccc3N(c3ccc4c(c3)C3(CCCCC3)c3ccccc3-4)c3ccc4c(ccc5ccccc54)c3)c21. The quantitative estimate of drug-likeness (QED) is 0.166. The first-order valence-corrected chi connectivity index (χ1v) is 19.8. The third-order valence-electron chi connectivity index (χ3n) is 13.2. The Labute approximate surface area is 318 Å². The van der Waals surface area contributed by atoms with E-state index in [0.29, 0.717) is 0 Å². The number of nitrogens with zero attached hydrogens (tertiary/aromatic N) is 1. The van der Waals surface area contributed by atoms with E-state index in [-0.39, 0.29) is 10.8 Å². The molecule has 0 saturated heterocycles. The predicted molar refractivity (Wildman–Crippen MR) is 228 cm³/mol. The minimum absolute atomic E-state index is 0.0731. The van der Waals surface area contributed by atoms with E-state index < -0.39 is 0 Å². The number of anilines is 3. The molecular weight excluding hydrogens is 651 g/mol. The van der Waals surface area contributed by atoms with Crippen molar-refractivity contribution < 1.29 is 0 Å². The van der Waals surface area contributed by atoms with Crippen molar-refractivity contribution in [2.75, 3.05) is 4.90 Å². The van der Waals surface area contributed by atoms with Crippen LogP contribution in [-0.4, -0.2) is 0 Å². The molecule has 0 heterocycles. The fourth-order valence-electron chi connectivity index (χ4n) is 10.8. The first-order valence-electron chi connectivity index (χ1n) is 19.8. The summed E-state index contributed by atoms with van der Waals surface area (Å²) >= 11 is 0. The molecule has 1 saturated carbocycles. The van der Waals surface area contributed by atoms with E-state index in [1.54, 1.807) is 0 Å². The Morgan fingerprint density at radius 3 is 1.81 bits per heavy atom. The smallest absolute Gasteiger partial charge is 0.0540 e. The van der Waals surface area contributed by atoms with Gasteiger partial charge in [0.15, 0.2) is 0 Å². The van der Waals surface area contributed by atoms with Gasteiger partial charge in [0.2, 0.25) is 0 Å². The van der Waals surface area contributed by atoms with Crippen LogP contribution in [0.3, 0.4) is 0 Å². The summed E-state index contributed by atoms with van der Waals surface area (Å²) in [5.41, 5.74) is 17.5. The Kier molecular flexibility index (Phi) is 6.90. The Bertz CT molecular complexity index is 2800. The number of para-hydroxylation sites is 1. The van der Waals surface area contributed by atoms with Gasteiger partial charge in [0.1, 0.15) is 0 Å². The highest BCUT2D eigenvalue weighted by molar-refractivity contribution is 6.09. The number of hydrogen-bond donors (Lipinski definition) is 0. The van der Waals surface area contributed by atoms with Crippen molar-refractivity contribution in [2.45, 2.75) is 56.8 Å². The first-order chi connectivity index (χ1) is 26.5. The first kappa shape index (κ1) is 31.6. The maximum absolute atomic E-state index is 2.57. The Balaban J connectivity index is 1.16. The van der Waals surface area contributed by atoms with Gasteiger partial charge < -0.3 is 4.90 Å². The van der Waals surface area contributed by atoms with Crippen molar-refractivity contribution in [3.63, 3.8) is 0 Å². The summed E-state index contributed by atoms with van der Waals surface area (Å²) in [4.78, 5) is 2.55. The molecule has 8 aromatic rings. The fourth-order valence-corrected chi connectivity index (χ4v) is 10.8. The zero-order valence-electron chi connectivity index (χ0n) is 31.1. The molecule has 11 rings (SSSR count). The molecule has 1 heteroatoms. The highest BCUT2D eigenvalue weighted by Gasteiger charge is 2.44. The van der Waals surface area contributed by atoms with Crippen molar-refractivity contribution in [3.05, 3.63) is 186 Å². The molecular formula is C53H43N. The van der Waals surface area contributed by atoms with Gasteiger partial charge in [0, 0.05) is 27.8 Å². The van der Waals surface area contributed by atoms with E-state index in [0.717, 1.165) is 0 Å². The Morgan fingerprint density at radius 1 is 0.407 bits per heavy atom. The molecule has 3 aliphatic rings. The van der Waals surface area contributed by atoms with Crippen LogP contribution in [0.5, 0.6) is 0 Å². The highest BCUT2D eigenvalue weighted by atomic mass is 15.1. The monoisotopic (exact) mass is 693 g/mol. The van der Waals surface area contributed by atoms with Crippen molar-refractivity contribution in [1.82, 2.24) is 0 Å². The molecule has 1 fully saturated rings. The molecule has 0 N–H and O–H groups in total. The molecule has 0 unspecified atom stereocenters. The second kappa shape index (κ2) is 11.8. The Hall–Kier alpha value is -5.92. The number of fused-ring (bicyclic) bond motifs is 11. The normalized spacial score (nSPS) is 15.9. The van der Waals surface area contributed by atoms with Gasteiger partial charge in [-0.15, -0.1) is 0 Å². The van der Waals surface area contributed by atoms with Gasteiger partial charge in [-0.1, -0.05) is 167 Å². The second-order valence-corrected chi connectivity index (χ2v) is 16.4. The lowest BCUT2D eigenvalue weighted by Crippen LogP contribution is -2.28. The van der Waals surface area contributed by atoms with Crippen LogP contribution in [0.25, 0.3) is 54.9 Å². The molecule has 0 atom stereocenters. The molecule has 1 nitrogen and oxygen atoms in total. The summed E-state index contributed by atoms with van der Waals surface area (Å²) in [5, 5.41) is 5.11. The van der Waals surface area contributed by atoms with Crippen molar-refractivity contribution in [1.29, 1.82) is 0 Å². The molecule has 3 aliphatic carbocycles. The van der Waals surface area contributed by atoms with Crippen molar-refractivity contribution in [3.8, 4) is 33.4 Å². The topological polar surface area (TPSA) is 3.24 Å². The van der Waals surface area contributed by atoms with E-state index >= 15 is 0 Å². The lowest BCUT2D eigenvalue weighted by Gasteiger charge is -2.37. The van der Waals surface area contributed by atoms with Gasteiger partial charge in [-0.05, 0) is 115 Å². The second-order valence-electron chi connectivity index (χ2n) is 16.4. The van der Waals surface area contributed by atoms with Crippen LogP contribution in [-0.2, 0) is 10.8 Å². The Morgan fingerprint density at radius 2 is 0.981 bits per heavy atom. The van der Waals surface area contributed by atoms with Gasteiger partial charge in [-0.3, -0.25) is 0 Å². The average Bonchev–Trinajstić information content (AvgIpc) is 3.62. The summed E-state index contributed by atoms with van der Waals surface area (Å²) < 4.78 is 0. The fraction of sp³-hybridized carbons (Fsp3) is 0.170. The van der Waals surface area contributed by atoms with E-state index in [9.17, 15) is 0 Å². The summed E-state index contributed by atoms with van der Waals surface area (Å²) in [6.07, 6.45) is 6.31. The van der Waals surface area contributed by atoms with Crippen LogP contribution < -0.4 is 4.90 Å². The van der Waals surface area contributed by atoms with Crippen molar-refractivity contribution in [2.24, 2.45) is 0 Å². The van der Waals surface area contributed by atoms with Gasteiger partial charge in [0.25, 0.3) is 0 Å². The summed E-state index contributed by atoms with van der Waals surface area (Å²) in [6, 6.07) is 62.1.